The van der Waals surface area contributed by atoms with Crippen LogP contribution >= 0.6 is 22.9 Å². The van der Waals surface area contributed by atoms with Crippen molar-refractivity contribution in [1.82, 2.24) is 0 Å². The number of hydrogen-bond acceptors (Lipinski definition) is 3. The summed E-state index contributed by atoms with van der Waals surface area (Å²) in [6, 6.07) is 10.4. The SMILES string of the molecule is Cl.Nc1c[s+](-c2ccccc2)c2c1NC=NC2. The Morgan fingerprint density at radius 1 is 1.24 bits per heavy atom. The van der Waals surface area contributed by atoms with Gasteiger partial charge >= 0.3 is 0 Å². The predicted octanol–water partition coefficient (Wildman–Crippen LogP) is 3.38. The fraction of sp³-hybridized carbons (Fsp3) is 0.0833. The number of halogens is 1. The number of nitrogens with one attached hydrogen (secondary N) is 1. The summed E-state index contributed by atoms with van der Waals surface area (Å²) in [4.78, 5) is 6.85. The summed E-state index contributed by atoms with van der Waals surface area (Å²) in [6.45, 7) is 0.748. The molecular weight excluding hydrogens is 254 g/mol. The zero-order valence-electron chi connectivity index (χ0n) is 9.09. The van der Waals surface area contributed by atoms with Crippen LogP contribution in [0.15, 0.2) is 40.7 Å². The van der Waals surface area contributed by atoms with Crippen LogP contribution in [-0.2, 0) is 6.54 Å². The average Bonchev–Trinajstić information content (AvgIpc) is 2.69. The molecule has 17 heavy (non-hydrogen) atoms. The molecule has 0 radical (unpaired) electrons. The van der Waals surface area contributed by atoms with Gasteiger partial charge in [-0.1, -0.05) is 18.2 Å². The third kappa shape index (κ3) is 2.01. The van der Waals surface area contributed by atoms with E-state index >= 15 is 0 Å². The van der Waals surface area contributed by atoms with E-state index < -0.39 is 0 Å². The molecule has 1 aliphatic heterocycles. The van der Waals surface area contributed by atoms with E-state index in [1.807, 2.05) is 6.07 Å². The topological polar surface area (TPSA) is 50.4 Å². The van der Waals surface area contributed by atoms with E-state index in [4.69, 9.17) is 5.73 Å². The number of hydrogen-bond donors (Lipinski definition) is 2. The van der Waals surface area contributed by atoms with Gasteiger partial charge in [-0.25, -0.2) is 0 Å². The molecule has 0 amide bonds. The standard InChI is InChI=1S/C12H12N3S.ClH/c13-10-7-16(9-4-2-1-3-5-9)11-6-14-8-15-12(10)11;/h1-5,7-8H,6,13H2,(H,14,15);1H/q+1;. The van der Waals surface area contributed by atoms with Crippen LogP contribution < -0.4 is 11.1 Å². The maximum absolute atomic E-state index is 6.00. The summed E-state index contributed by atoms with van der Waals surface area (Å²) in [6.07, 6.45) is 1.72. The largest absolute Gasteiger partial charge is 0.393 e. The van der Waals surface area contributed by atoms with Crippen LogP contribution in [0, 0.1) is 0 Å². The molecule has 0 bridgehead atoms. The van der Waals surface area contributed by atoms with Crippen LogP contribution in [0.4, 0.5) is 11.4 Å². The Bertz CT molecular complexity index is 548. The molecule has 0 spiro atoms. The summed E-state index contributed by atoms with van der Waals surface area (Å²) >= 11 is 0. The molecule has 1 atom stereocenters. The molecule has 1 aromatic carbocycles. The molecule has 1 aromatic heterocycles. The van der Waals surface area contributed by atoms with Crippen molar-refractivity contribution in [3.05, 3.63) is 40.6 Å². The fourth-order valence-corrected chi connectivity index (χ4v) is 3.85. The van der Waals surface area contributed by atoms with Gasteiger partial charge in [0.05, 0.1) is 6.34 Å². The lowest BCUT2D eigenvalue weighted by atomic mass is 10.3. The van der Waals surface area contributed by atoms with Crippen LogP contribution in [-0.4, -0.2) is 6.34 Å². The molecule has 3 rings (SSSR count). The number of rotatable bonds is 1. The second-order valence-corrected chi connectivity index (χ2v) is 5.51. The smallest absolute Gasteiger partial charge is 0.203 e. The van der Waals surface area contributed by atoms with Crippen molar-refractivity contribution in [3.8, 4) is 4.90 Å². The van der Waals surface area contributed by atoms with Gasteiger partial charge in [-0.15, -0.1) is 12.4 Å². The monoisotopic (exact) mass is 266 g/mol. The van der Waals surface area contributed by atoms with E-state index in [1.54, 1.807) is 6.34 Å². The molecule has 0 saturated carbocycles. The first-order valence-electron chi connectivity index (χ1n) is 5.10. The summed E-state index contributed by atoms with van der Waals surface area (Å²) in [5.41, 5.74) is 7.90. The van der Waals surface area contributed by atoms with Gasteiger partial charge < -0.3 is 11.1 Å². The number of benzene rings is 1. The first kappa shape index (κ1) is 12.0. The third-order valence-corrected chi connectivity index (χ3v) is 4.74. The van der Waals surface area contributed by atoms with Crippen molar-refractivity contribution in [2.75, 3.05) is 11.1 Å². The summed E-state index contributed by atoms with van der Waals surface area (Å²) in [7, 11) is -0.0209. The number of aliphatic imine (C=N–C) groups is 1. The Kier molecular flexibility index (Phi) is 3.36. The van der Waals surface area contributed by atoms with E-state index in [0.717, 1.165) is 17.9 Å². The van der Waals surface area contributed by atoms with Gasteiger partial charge in [0, 0.05) is 10.5 Å². The van der Waals surface area contributed by atoms with Crippen molar-refractivity contribution >= 4 is 40.6 Å². The van der Waals surface area contributed by atoms with Crippen LogP contribution in [0.5, 0.6) is 0 Å². The Morgan fingerprint density at radius 2 is 2.00 bits per heavy atom. The molecule has 0 saturated heterocycles. The molecule has 0 fully saturated rings. The van der Waals surface area contributed by atoms with Gasteiger partial charge in [0.1, 0.15) is 17.9 Å². The van der Waals surface area contributed by atoms with Gasteiger partial charge in [-0.2, -0.15) is 0 Å². The summed E-state index contributed by atoms with van der Waals surface area (Å²) in [5.74, 6) is 0. The van der Waals surface area contributed by atoms with E-state index in [2.05, 4.69) is 40.0 Å². The minimum atomic E-state index is -0.0209. The van der Waals surface area contributed by atoms with E-state index in [1.165, 1.54) is 9.77 Å². The Morgan fingerprint density at radius 3 is 2.76 bits per heavy atom. The third-order valence-electron chi connectivity index (χ3n) is 2.61. The molecule has 5 heteroatoms. The first-order chi connectivity index (χ1) is 7.86. The first-order valence-corrected chi connectivity index (χ1v) is 6.39. The van der Waals surface area contributed by atoms with Gasteiger partial charge in [0.25, 0.3) is 0 Å². The maximum Gasteiger partial charge on any atom is 0.203 e. The molecule has 3 nitrogen and oxygen atoms in total. The average molecular weight is 267 g/mol. The lowest BCUT2D eigenvalue weighted by Gasteiger charge is -2.04. The maximum atomic E-state index is 6.00. The van der Waals surface area contributed by atoms with Crippen LogP contribution in [0.1, 0.15) is 4.88 Å². The van der Waals surface area contributed by atoms with Crippen molar-refractivity contribution < 1.29 is 0 Å². The molecule has 88 valence electrons. The Balaban J connectivity index is 0.00000108. The van der Waals surface area contributed by atoms with E-state index in [9.17, 15) is 0 Å². The fourth-order valence-electron chi connectivity index (χ4n) is 1.86. The van der Waals surface area contributed by atoms with Crippen molar-refractivity contribution in [3.63, 3.8) is 0 Å². The molecule has 1 aliphatic rings. The quantitative estimate of drug-likeness (QED) is 0.778. The van der Waals surface area contributed by atoms with Crippen molar-refractivity contribution in [2.45, 2.75) is 6.54 Å². The number of thiophene rings is 1. The summed E-state index contributed by atoms with van der Waals surface area (Å²) < 4.78 is 0. The van der Waals surface area contributed by atoms with E-state index in [0.29, 0.717) is 0 Å². The molecule has 0 aliphatic carbocycles. The van der Waals surface area contributed by atoms with Gasteiger partial charge in [0.15, 0.2) is 10.3 Å². The number of nitrogens with zero attached hydrogens (tertiary/aromatic N) is 1. The lowest BCUT2D eigenvalue weighted by molar-refractivity contribution is 1.09. The minimum Gasteiger partial charge on any atom is -0.393 e. The number of anilines is 2. The molecular formula is C12H13ClN3S+. The van der Waals surface area contributed by atoms with Crippen molar-refractivity contribution in [2.24, 2.45) is 4.99 Å². The number of nitrogen functional groups attached to an aromatic ring is 1. The Labute approximate surface area is 109 Å². The van der Waals surface area contributed by atoms with Gasteiger partial charge in [0.2, 0.25) is 4.88 Å². The van der Waals surface area contributed by atoms with Crippen LogP contribution in [0.3, 0.4) is 0 Å². The summed E-state index contributed by atoms with van der Waals surface area (Å²) in [5, 5.41) is 5.26. The van der Waals surface area contributed by atoms with Crippen LogP contribution in [0.2, 0.25) is 0 Å². The number of fused-ring (bicyclic) bond motifs is 1. The minimum absolute atomic E-state index is 0. The highest BCUT2D eigenvalue weighted by Crippen LogP contribution is 2.45. The molecule has 2 heterocycles. The lowest BCUT2D eigenvalue weighted by Crippen LogP contribution is -2.04. The van der Waals surface area contributed by atoms with E-state index in [-0.39, 0.29) is 22.9 Å². The highest BCUT2D eigenvalue weighted by atomic mass is 35.5. The zero-order chi connectivity index (χ0) is 11.0. The highest BCUT2D eigenvalue weighted by Gasteiger charge is 2.26. The molecule has 1 unspecified atom stereocenters. The molecule has 3 N–H and O–H groups in total. The second kappa shape index (κ2) is 4.77. The van der Waals surface area contributed by atoms with Crippen molar-refractivity contribution in [1.29, 1.82) is 0 Å². The predicted molar refractivity (Wildman–Crippen MR) is 77.7 cm³/mol. The molecule has 2 aromatic rings. The highest BCUT2D eigenvalue weighted by molar-refractivity contribution is 7.39. The zero-order valence-corrected chi connectivity index (χ0v) is 10.7. The van der Waals surface area contributed by atoms with Crippen LogP contribution in [0.25, 0.3) is 4.90 Å². The van der Waals surface area contributed by atoms with Gasteiger partial charge in [-0.05, 0) is 12.1 Å². The number of nitrogens with two attached hydrogens (primary N) is 1. The second-order valence-electron chi connectivity index (χ2n) is 3.64. The Hall–Kier alpha value is -1.52. The van der Waals surface area contributed by atoms with Gasteiger partial charge in [-0.3, -0.25) is 4.99 Å². The normalized spacial score (nSPS) is 13.5.